The highest BCUT2D eigenvalue weighted by molar-refractivity contribution is 6.14. The molecule has 26 heavy (non-hydrogen) atoms. The quantitative estimate of drug-likeness (QED) is 0.332. The van der Waals surface area contributed by atoms with Crippen LogP contribution < -0.4 is 0 Å². The molecule has 0 saturated carbocycles. The van der Waals surface area contributed by atoms with Crippen LogP contribution >= 0.6 is 0 Å². The number of carbonyl (C=O) groups excluding carboxylic acids is 2. The monoisotopic (exact) mass is 352 g/mol. The standard InChI is InChI=1S/C23H28O3/c1-4-5-6-7-10-15-26-23(25)21-12-9-8-11-20(21)22(24)19-14-13-17(2)18(3)16-19/h8-9,11-14,16H,4-7,10,15H2,1-3H3. The van der Waals surface area contributed by atoms with Gasteiger partial charge in [0.25, 0.3) is 0 Å². The number of aryl methyl sites for hydroxylation is 2. The second-order valence-electron chi connectivity index (χ2n) is 6.72. The van der Waals surface area contributed by atoms with Crippen molar-refractivity contribution >= 4 is 11.8 Å². The molecule has 0 amide bonds. The van der Waals surface area contributed by atoms with Crippen molar-refractivity contribution in [1.29, 1.82) is 0 Å². The number of hydrogen-bond acceptors (Lipinski definition) is 3. The maximum absolute atomic E-state index is 12.9. The Balaban J connectivity index is 2.07. The lowest BCUT2D eigenvalue weighted by atomic mass is 9.96. The average Bonchev–Trinajstić information content (AvgIpc) is 2.66. The molecular formula is C23H28O3. The number of ether oxygens (including phenoxy) is 1. The predicted octanol–water partition coefficient (Wildman–Crippen LogP) is 5.66. The first-order chi connectivity index (χ1) is 12.5. The van der Waals surface area contributed by atoms with Crippen molar-refractivity contribution in [2.45, 2.75) is 52.9 Å². The number of benzene rings is 2. The Morgan fingerprint density at radius 2 is 1.54 bits per heavy atom. The van der Waals surface area contributed by atoms with Gasteiger partial charge in [-0.15, -0.1) is 0 Å². The van der Waals surface area contributed by atoms with Crippen molar-refractivity contribution in [2.24, 2.45) is 0 Å². The Morgan fingerprint density at radius 1 is 0.846 bits per heavy atom. The molecule has 0 atom stereocenters. The number of unbranched alkanes of at least 4 members (excludes halogenated alkanes) is 4. The molecule has 0 aromatic heterocycles. The van der Waals surface area contributed by atoms with Crippen LogP contribution in [0.3, 0.4) is 0 Å². The van der Waals surface area contributed by atoms with E-state index in [1.807, 2.05) is 26.0 Å². The van der Waals surface area contributed by atoms with Gasteiger partial charge in [-0.3, -0.25) is 4.79 Å². The molecule has 0 fully saturated rings. The van der Waals surface area contributed by atoms with Crippen LogP contribution in [-0.4, -0.2) is 18.4 Å². The first-order valence-electron chi connectivity index (χ1n) is 9.42. The van der Waals surface area contributed by atoms with Crippen molar-refractivity contribution in [3.63, 3.8) is 0 Å². The van der Waals surface area contributed by atoms with Gasteiger partial charge in [0, 0.05) is 11.1 Å². The van der Waals surface area contributed by atoms with Crippen molar-refractivity contribution in [1.82, 2.24) is 0 Å². The molecule has 0 radical (unpaired) electrons. The van der Waals surface area contributed by atoms with Crippen LogP contribution in [0.25, 0.3) is 0 Å². The van der Waals surface area contributed by atoms with E-state index < -0.39 is 5.97 Å². The van der Waals surface area contributed by atoms with E-state index in [1.54, 1.807) is 30.3 Å². The van der Waals surface area contributed by atoms with Gasteiger partial charge in [-0.2, -0.15) is 0 Å². The summed E-state index contributed by atoms with van der Waals surface area (Å²) in [5, 5.41) is 0. The molecule has 0 aliphatic heterocycles. The summed E-state index contributed by atoms with van der Waals surface area (Å²) in [6.45, 7) is 6.55. The number of rotatable bonds is 9. The first-order valence-corrected chi connectivity index (χ1v) is 9.42. The highest BCUT2D eigenvalue weighted by atomic mass is 16.5. The molecular weight excluding hydrogens is 324 g/mol. The number of carbonyl (C=O) groups is 2. The topological polar surface area (TPSA) is 43.4 Å². The van der Waals surface area contributed by atoms with E-state index in [2.05, 4.69) is 6.92 Å². The van der Waals surface area contributed by atoms with Crippen LogP contribution in [-0.2, 0) is 4.74 Å². The normalized spacial score (nSPS) is 10.6. The van der Waals surface area contributed by atoms with Gasteiger partial charge in [-0.1, -0.05) is 62.9 Å². The van der Waals surface area contributed by atoms with Gasteiger partial charge >= 0.3 is 5.97 Å². The van der Waals surface area contributed by atoms with Gasteiger partial charge in [0.2, 0.25) is 0 Å². The van der Waals surface area contributed by atoms with E-state index in [0.29, 0.717) is 23.3 Å². The molecule has 0 N–H and O–H groups in total. The lowest BCUT2D eigenvalue weighted by Gasteiger charge is -2.10. The van der Waals surface area contributed by atoms with Crippen molar-refractivity contribution < 1.29 is 14.3 Å². The molecule has 2 aromatic rings. The Labute approximate surface area is 156 Å². The molecule has 0 saturated heterocycles. The zero-order chi connectivity index (χ0) is 18.9. The van der Waals surface area contributed by atoms with Crippen molar-refractivity contribution in [3.05, 3.63) is 70.3 Å². The van der Waals surface area contributed by atoms with Crippen molar-refractivity contribution in [3.8, 4) is 0 Å². The highest BCUT2D eigenvalue weighted by Gasteiger charge is 2.19. The largest absolute Gasteiger partial charge is 0.462 e. The summed E-state index contributed by atoms with van der Waals surface area (Å²) in [5.74, 6) is -0.572. The van der Waals surface area contributed by atoms with Gasteiger partial charge < -0.3 is 4.74 Å². The minimum absolute atomic E-state index is 0.149. The van der Waals surface area contributed by atoms with Gasteiger partial charge in [-0.25, -0.2) is 4.79 Å². The fourth-order valence-electron chi connectivity index (χ4n) is 2.85. The molecule has 0 unspecified atom stereocenters. The van der Waals surface area contributed by atoms with Gasteiger partial charge in [0.15, 0.2) is 5.78 Å². The van der Waals surface area contributed by atoms with E-state index in [1.165, 1.54) is 12.8 Å². The van der Waals surface area contributed by atoms with E-state index in [9.17, 15) is 9.59 Å². The molecule has 0 aliphatic carbocycles. The SMILES string of the molecule is CCCCCCCOC(=O)c1ccccc1C(=O)c1ccc(C)c(C)c1. The summed E-state index contributed by atoms with van der Waals surface area (Å²) in [6, 6.07) is 12.5. The summed E-state index contributed by atoms with van der Waals surface area (Å²) in [6.07, 6.45) is 5.48. The molecule has 138 valence electrons. The second-order valence-corrected chi connectivity index (χ2v) is 6.72. The maximum atomic E-state index is 12.9. The predicted molar refractivity (Wildman–Crippen MR) is 105 cm³/mol. The van der Waals surface area contributed by atoms with Gasteiger partial charge in [0.05, 0.1) is 12.2 Å². The summed E-state index contributed by atoms with van der Waals surface area (Å²) < 4.78 is 5.39. The highest BCUT2D eigenvalue weighted by Crippen LogP contribution is 2.18. The Kier molecular flexibility index (Phi) is 7.58. The second kappa shape index (κ2) is 9.91. The zero-order valence-electron chi connectivity index (χ0n) is 16.0. The van der Waals surface area contributed by atoms with Gasteiger partial charge in [-0.05, 0) is 43.5 Å². The average molecular weight is 352 g/mol. The number of esters is 1. The Bertz CT molecular complexity index is 762. The van der Waals surface area contributed by atoms with E-state index in [-0.39, 0.29) is 5.78 Å². The lowest BCUT2D eigenvalue weighted by Crippen LogP contribution is -2.13. The molecule has 0 aliphatic rings. The number of hydrogen-bond donors (Lipinski definition) is 0. The molecule has 2 aromatic carbocycles. The van der Waals surface area contributed by atoms with Crippen LogP contribution in [0.2, 0.25) is 0 Å². The fourth-order valence-corrected chi connectivity index (χ4v) is 2.85. The molecule has 0 heterocycles. The van der Waals surface area contributed by atoms with E-state index >= 15 is 0 Å². The summed E-state index contributed by atoms with van der Waals surface area (Å²) in [4.78, 5) is 25.3. The molecule has 3 nitrogen and oxygen atoms in total. The van der Waals surface area contributed by atoms with Gasteiger partial charge in [0.1, 0.15) is 0 Å². The third kappa shape index (κ3) is 5.29. The van der Waals surface area contributed by atoms with Crippen LogP contribution in [0.15, 0.2) is 42.5 Å². The third-order valence-electron chi connectivity index (χ3n) is 4.64. The van der Waals surface area contributed by atoms with Crippen LogP contribution in [0.4, 0.5) is 0 Å². The van der Waals surface area contributed by atoms with Crippen molar-refractivity contribution in [2.75, 3.05) is 6.61 Å². The maximum Gasteiger partial charge on any atom is 0.338 e. The molecule has 0 bridgehead atoms. The van der Waals surface area contributed by atoms with E-state index in [0.717, 1.165) is 30.4 Å². The summed E-state index contributed by atoms with van der Waals surface area (Å²) in [7, 11) is 0. The summed E-state index contributed by atoms with van der Waals surface area (Å²) in [5.41, 5.74) is 3.52. The van der Waals surface area contributed by atoms with Crippen LogP contribution in [0, 0.1) is 13.8 Å². The minimum Gasteiger partial charge on any atom is -0.462 e. The third-order valence-corrected chi connectivity index (χ3v) is 4.64. The van der Waals surface area contributed by atoms with Crippen LogP contribution in [0.5, 0.6) is 0 Å². The smallest absolute Gasteiger partial charge is 0.338 e. The molecule has 2 rings (SSSR count). The first kappa shape index (κ1) is 19.9. The zero-order valence-corrected chi connectivity index (χ0v) is 16.0. The Hall–Kier alpha value is -2.42. The lowest BCUT2D eigenvalue weighted by molar-refractivity contribution is 0.0495. The Morgan fingerprint density at radius 3 is 2.23 bits per heavy atom. The molecule has 0 spiro atoms. The number of ketones is 1. The fraction of sp³-hybridized carbons (Fsp3) is 0.391. The minimum atomic E-state index is -0.423. The van der Waals surface area contributed by atoms with Crippen LogP contribution in [0.1, 0.15) is 76.4 Å². The molecule has 3 heteroatoms. The summed E-state index contributed by atoms with van der Waals surface area (Å²) >= 11 is 0. The van der Waals surface area contributed by atoms with E-state index in [4.69, 9.17) is 4.74 Å².